The van der Waals surface area contributed by atoms with Crippen LogP contribution in [0.5, 0.6) is 0 Å². The van der Waals surface area contributed by atoms with Gasteiger partial charge in [0.25, 0.3) is 0 Å². The van der Waals surface area contributed by atoms with E-state index in [1.165, 1.54) is 0 Å². The minimum atomic E-state index is -4.14. The standard InChI is InChI=1S/C13H11BrF2N2O2S/c14-9-4-2-1-3-8(9)7-18-21(19,20)13-6-12(17)10(15)5-11(13)16/h1-6,18H,7,17H2. The molecule has 2 rings (SSSR count). The second-order valence-electron chi connectivity index (χ2n) is 4.22. The number of sulfonamides is 1. The molecule has 0 heterocycles. The zero-order valence-electron chi connectivity index (χ0n) is 10.6. The van der Waals surface area contributed by atoms with Gasteiger partial charge in [0.1, 0.15) is 16.5 Å². The maximum absolute atomic E-state index is 13.6. The molecule has 0 unspecified atom stereocenters. The van der Waals surface area contributed by atoms with Gasteiger partial charge in [-0.15, -0.1) is 0 Å². The van der Waals surface area contributed by atoms with Gasteiger partial charge in [-0.2, -0.15) is 0 Å². The molecule has 0 bridgehead atoms. The third-order valence-corrected chi connectivity index (χ3v) is 4.94. The van der Waals surface area contributed by atoms with Gasteiger partial charge in [-0.1, -0.05) is 34.1 Å². The van der Waals surface area contributed by atoms with Gasteiger partial charge < -0.3 is 5.73 Å². The fourth-order valence-corrected chi connectivity index (χ4v) is 3.17. The first-order valence-electron chi connectivity index (χ1n) is 5.79. The van der Waals surface area contributed by atoms with E-state index in [4.69, 9.17) is 5.73 Å². The van der Waals surface area contributed by atoms with Crippen LogP contribution in [0, 0.1) is 11.6 Å². The topological polar surface area (TPSA) is 72.2 Å². The minimum Gasteiger partial charge on any atom is -0.396 e. The monoisotopic (exact) mass is 376 g/mol. The number of anilines is 1. The molecule has 3 N–H and O–H groups in total. The van der Waals surface area contributed by atoms with Crippen molar-refractivity contribution in [3.8, 4) is 0 Å². The van der Waals surface area contributed by atoms with E-state index in [0.29, 0.717) is 16.1 Å². The maximum atomic E-state index is 13.6. The zero-order chi connectivity index (χ0) is 15.6. The molecule has 0 aliphatic rings. The van der Waals surface area contributed by atoms with Gasteiger partial charge in [0, 0.05) is 17.1 Å². The fourth-order valence-electron chi connectivity index (χ4n) is 1.64. The number of rotatable bonds is 4. The van der Waals surface area contributed by atoms with Gasteiger partial charge in [-0.25, -0.2) is 21.9 Å². The number of halogens is 3. The summed E-state index contributed by atoms with van der Waals surface area (Å²) in [4.78, 5) is -0.687. The minimum absolute atomic E-state index is 0.0412. The first-order valence-corrected chi connectivity index (χ1v) is 8.06. The van der Waals surface area contributed by atoms with E-state index in [9.17, 15) is 17.2 Å². The highest BCUT2D eigenvalue weighted by Gasteiger charge is 2.21. The van der Waals surface area contributed by atoms with Crippen molar-refractivity contribution in [2.24, 2.45) is 0 Å². The number of nitrogens with one attached hydrogen (secondary N) is 1. The number of benzene rings is 2. The third-order valence-electron chi connectivity index (χ3n) is 2.75. The second-order valence-corrected chi connectivity index (χ2v) is 6.81. The normalized spacial score (nSPS) is 11.6. The molecule has 21 heavy (non-hydrogen) atoms. The SMILES string of the molecule is Nc1cc(S(=O)(=O)NCc2ccccc2Br)c(F)cc1F. The maximum Gasteiger partial charge on any atom is 0.243 e. The van der Waals surface area contributed by atoms with E-state index in [2.05, 4.69) is 20.7 Å². The molecule has 2 aromatic rings. The van der Waals surface area contributed by atoms with Crippen molar-refractivity contribution in [1.29, 1.82) is 0 Å². The number of hydrogen-bond donors (Lipinski definition) is 2. The van der Waals surface area contributed by atoms with E-state index in [0.717, 1.165) is 6.07 Å². The Balaban J connectivity index is 2.27. The molecule has 8 heteroatoms. The molecule has 0 fully saturated rings. The van der Waals surface area contributed by atoms with Crippen LogP contribution in [0.1, 0.15) is 5.56 Å². The van der Waals surface area contributed by atoms with Crippen LogP contribution >= 0.6 is 15.9 Å². The van der Waals surface area contributed by atoms with E-state index >= 15 is 0 Å². The molecular weight excluding hydrogens is 366 g/mol. The van der Waals surface area contributed by atoms with Crippen LogP contribution in [-0.4, -0.2) is 8.42 Å². The van der Waals surface area contributed by atoms with Gasteiger partial charge in [-0.3, -0.25) is 0 Å². The molecule has 0 saturated carbocycles. The summed E-state index contributed by atoms with van der Waals surface area (Å²) in [6, 6.07) is 8.19. The van der Waals surface area contributed by atoms with Crippen LogP contribution in [0.25, 0.3) is 0 Å². The highest BCUT2D eigenvalue weighted by atomic mass is 79.9. The molecule has 4 nitrogen and oxygen atoms in total. The highest BCUT2D eigenvalue weighted by Crippen LogP contribution is 2.22. The molecule has 2 aromatic carbocycles. The molecule has 0 aliphatic carbocycles. The summed E-state index contributed by atoms with van der Waals surface area (Å²) in [5.41, 5.74) is 5.52. The quantitative estimate of drug-likeness (QED) is 0.805. The third kappa shape index (κ3) is 3.58. The Morgan fingerprint density at radius 3 is 2.48 bits per heavy atom. The van der Waals surface area contributed by atoms with Gasteiger partial charge in [0.15, 0.2) is 0 Å². The molecule has 0 atom stereocenters. The number of nitrogens with two attached hydrogens (primary N) is 1. The van der Waals surface area contributed by atoms with Crippen LogP contribution in [0.3, 0.4) is 0 Å². The van der Waals surface area contributed by atoms with Crippen LogP contribution in [0.2, 0.25) is 0 Å². The molecule has 0 aromatic heterocycles. The predicted octanol–water partition coefficient (Wildman–Crippen LogP) is 2.79. The lowest BCUT2D eigenvalue weighted by atomic mass is 10.2. The Labute approximate surface area is 129 Å². The van der Waals surface area contributed by atoms with E-state index < -0.39 is 32.2 Å². The molecule has 0 saturated heterocycles. The summed E-state index contributed by atoms with van der Waals surface area (Å²) in [6.45, 7) is -0.0412. The molecular formula is C13H11BrF2N2O2S. The Morgan fingerprint density at radius 2 is 1.81 bits per heavy atom. The Kier molecular flexibility index (Phi) is 4.60. The summed E-state index contributed by atoms with van der Waals surface area (Å²) >= 11 is 3.28. The van der Waals surface area contributed by atoms with E-state index in [1.807, 2.05) is 0 Å². The number of nitrogen functional groups attached to an aromatic ring is 1. The van der Waals surface area contributed by atoms with Crippen molar-refractivity contribution in [3.05, 3.63) is 58.1 Å². The first kappa shape index (κ1) is 15.9. The predicted molar refractivity (Wildman–Crippen MR) is 78.9 cm³/mol. The average Bonchev–Trinajstić information content (AvgIpc) is 2.42. The Hall–Kier alpha value is -1.51. The molecule has 112 valence electrons. The summed E-state index contributed by atoms with van der Waals surface area (Å²) in [5.74, 6) is -2.20. The first-order chi connectivity index (χ1) is 9.81. The van der Waals surface area contributed by atoms with E-state index in [-0.39, 0.29) is 6.54 Å². The Bertz CT molecular complexity index is 782. The van der Waals surface area contributed by atoms with Crippen LogP contribution in [0.15, 0.2) is 45.8 Å². The fraction of sp³-hybridized carbons (Fsp3) is 0.0769. The lowest BCUT2D eigenvalue weighted by Crippen LogP contribution is -2.24. The molecule has 0 spiro atoms. The molecule has 0 radical (unpaired) electrons. The Morgan fingerprint density at radius 1 is 1.14 bits per heavy atom. The van der Waals surface area contributed by atoms with Crippen molar-refractivity contribution in [1.82, 2.24) is 4.72 Å². The summed E-state index contributed by atoms with van der Waals surface area (Å²) < 4.78 is 53.7. The van der Waals surface area contributed by atoms with Crippen molar-refractivity contribution in [2.45, 2.75) is 11.4 Å². The van der Waals surface area contributed by atoms with Crippen molar-refractivity contribution in [3.63, 3.8) is 0 Å². The van der Waals surface area contributed by atoms with Crippen LogP contribution < -0.4 is 10.5 Å². The van der Waals surface area contributed by atoms with Crippen molar-refractivity contribution < 1.29 is 17.2 Å². The van der Waals surface area contributed by atoms with Gasteiger partial charge in [0.05, 0.1) is 5.69 Å². The lowest BCUT2D eigenvalue weighted by molar-refractivity contribution is 0.544. The molecule has 0 aliphatic heterocycles. The molecule has 0 amide bonds. The smallest absolute Gasteiger partial charge is 0.243 e. The summed E-state index contributed by atoms with van der Waals surface area (Å²) in [6.07, 6.45) is 0. The van der Waals surface area contributed by atoms with Gasteiger partial charge in [-0.05, 0) is 17.7 Å². The van der Waals surface area contributed by atoms with E-state index in [1.54, 1.807) is 24.3 Å². The zero-order valence-corrected chi connectivity index (χ0v) is 13.0. The lowest BCUT2D eigenvalue weighted by Gasteiger charge is -2.10. The number of hydrogen-bond acceptors (Lipinski definition) is 3. The van der Waals surface area contributed by atoms with Crippen LogP contribution in [0.4, 0.5) is 14.5 Å². The van der Waals surface area contributed by atoms with Crippen molar-refractivity contribution >= 4 is 31.6 Å². The van der Waals surface area contributed by atoms with Gasteiger partial charge >= 0.3 is 0 Å². The summed E-state index contributed by atoms with van der Waals surface area (Å²) in [7, 11) is -4.14. The summed E-state index contributed by atoms with van der Waals surface area (Å²) in [5, 5.41) is 0. The highest BCUT2D eigenvalue weighted by molar-refractivity contribution is 9.10. The van der Waals surface area contributed by atoms with Crippen LogP contribution in [-0.2, 0) is 16.6 Å². The second kappa shape index (κ2) is 6.08. The van der Waals surface area contributed by atoms with Gasteiger partial charge in [0.2, 0.25) is 10.0 Å². The largest absolute Gasteiger partial charge is 0.396 e. The average molecular weight is 377 g/mol. The van der Waals surface area contributed by atoms with Crippen molar-refractivity contribution in [2.75, 3.05) is 5.73 Å².